The number of carbonyl (C=O) groups is 1. The standard InChI is InChI=1S/C16H33NO2/c1-15(2,3)10-8-12-19-11-7-9-14(18)13-17-16(4,5)6/h17H,7-13H2,1-6H3. The first-order chi connectivity index (χ1) is 8.60. The second kappa shape index (κ2) is 8.70. The van der Waals surface area contributed by atoms with Crippen LogP contribution < -0.4 is 5.32 Å². The van der Waals surface area contributed by atoms with E-state index in [-0.39, 0.29) is 11.3 Å². The third-order valence-corrected chi connectivity index (χ3v) is 2.78. The molecule has 0 aliphatic carbocycles. The van der Waals surface area contributed by atoms with Crippen molar-refractivity contribution in [2.45, 2.75) is 72.8 Å². The molecule has 0 bridgehead atoms. The Kier molecular flexibility index (Phi) is 8.51. The quantitative estimate of drug-likeness (QED) is 0.652. The highest BCUT2D eigenvalue weighted by molar-refractivity contribution is 5.80. The molecule has 1 N–H and O–H groups in total. The van der Waals surface area contributed by atoms with Crippen molar-refractivity contribution in [1.29, 1.82) is 0 Å². The highest BCUT2D eigenvalue weighted by Crippen LogP contribution is 2.20. The maximum absolute atomic E-state index is 11.6. The van der Waals surface area contributed by atoms with Crippen LogP contribution in [0.5, 0.6) is 0 Å². The molecule has 0 unspecified atom stereocenters. The van der Waals surface area contributed by atoms with Gasteiger partial charge in [0.1, 0.15) is 5.78 Å². The Bertz CT molecular complexity index is 248. The summed E-state index contributed by atoms with van der Waals surface area (Å²) < 4.78 is 5.55. The molecule has 0 spiro atoms. The third-order valence-electron chi connectivity index (χ3n) is 2.78. The zero-order valence-corrected chi connectivity index (χ0v) is 13.8. The van der Waals surface area contributed by atoms with E-state index >= 15 is 0 Å². The van der Waals surface area contributed by atoms with Crippen LogP contribution in [0.15, 0.2) is 0 Å². The lowest BCUT2D eigenvalue weighted by molar-refractivity contribution is -0.118. The van der Waals surface area contributed by atoms with Gasteiger partial charge in [-0.2, -0.15) is 0 Å². The molecule has 3 nitrogen and oxygen atoms in total. The summed E-state index contributed by atoms with van der Waals surface area (Å²) in [5.74, 6) is 0.271. The normalized spacial score (nSPS) is 12.7. The molecule has 0 radical (unpaired) electrons. The SMILES string of the molecule is CC(C)(C)CCCOCCCC(=O)CNC(C)(C)C. The van der Waals surface area contributed by atoms with Crippen molar-refractivity contribution in [1.82, 2.24) is 5.32 Å². The van der Waals surface area contributed by atoms with Gasteiger partial charge in [0.15, 0.2) is 0 Å². The van der Waals surface area contributed by atoms with E-state index in [2.05, 4.69) is 46.9 Å². The molecule has 0 aliphatic rings. The Morgan fingerprint density at radius 1 is 1.00 bits per heavy atom. The van der Waals surface area contributed by atoms with Crippen molar-refractivity contribution in [3.05, 3.63) is 0 Å². The largest absolute Gasteiger partial charge is 0.381 e. The number of carbonyl (C=O) groups excluding carboxylic acids is 1. The van der Waals surface area contributed by atoms with Crippen molar-refractivity contribution in [2.75, 3.05) is 19.8 Å². The van der Waals surface area contributed by atoms with Gasteiger partial charge in [-0.3, -0.25) is 4.79 Å². The molecule has 0 amide bonds. The zero-order chi connectivity index (χ0) is 14.9. The topological polar surface area (TPSA) is 38.3 Å². The summed E-state index contributed by atoms with van der Waals surface area (Å²) in [4.78, 5) is 11.6. The predicted octanol–water partition coefficient (Wildman–Crippen LogP) is 3.57. The van der Waals surface area contributed by atoms with Gasteiger partial charge in [0.05, 0.1) is 6.54 Å². The van der Waals surface area contributed by atoms with E-state index in [9.17, 15) is 4.79 Å². The number of Topliss-reactive ketones (excluding diaryl/α,β-unsaturated/α-hetero) is 1. The van der Waals surface area contributed by atoms with Gasteiger partial charge in [-0.25, -0.2) is 0 Å². The van der Waals surface area contributed by atoms with E-state index in [1.165, 1.54) is 6.42 Å². The van der Waals surface area contributed by atoms with Gasteiger partial charge in [0, 0.05) is 25.2 Å². The maximum Gasteiger partial charge on any atom is 0.146 e. The van der Waals surface area contributed by atoms with Crippen LogP contribution in [-0.4, -0.2) is 31.1 Å². The highest BCUT2D eigenvalue weighted by Gasteiger charge is 2.11. The van der Waals surface area contributed by atoms with Gasteiger partial charge in [-0.1, -0.05) is 20.8 Å². The van der Waals surface area contributed by atoms with Crippen LogP contribution in [0.3, 0.4) is 0 Å². The summed E-state index contributed by atoms with van der Waals surface area (Å²) in [6, 6.07) is 0. The first-order valence-corrected chi connectivity index (χ1v) is 7.45. The fourth-order valence-electron chi connectivity index (χ4n) is 1.63. The van der Waals surface area contributed by atoms with E-state index < -0.39 is 0 Å². The average molecular weight is 271 g/mol. The van der Waals surface area contributed by atoms with E-state index in [1.54, 1.807) is 0 Å². The Morgan fingerprint density at radius 2 is 1.58 bits per heavy atom. The van der Waals surface area contributed by atoms with Crippen LogP contribution in [0.25, 0.3) is 0 Å². The Morgan fingerprint density at radius 3 is 2.11 bits per heavy atom. The molecule has 3 heteroatoms. The Hall–Kier alpha value is -0.410. The second-order valence-electron chi connectivity index (χ2n) is 7.52. The van der Waals surface area contributed by atoms with Gasteiger partial charge in [0.2, 0.25) is 0 Å². The maximum atomic E-state index is 11.6. The Labute approximate surface area is 119 Å². The lowest BCUT2D eigenvalue weighted by atomic mass is 9.91. The first kappa shape index (κ1) is 18.6. The minimum atomic E-state index is 0.0130. The lowest BCUT2D eigenvalue weighted by Gasteiger charge is -2.19. The summed E-state index contributed by atoms with van der Waals surface area (Å²) in [5.41, 5.74) is 0.400. The average Bonchev–Trinajstić information content (AvgIpc) is 2.22. The first-order valence-electron chi connectivity index (χ1n) is 7.45. The number of hydrogen-bond donors (Lipinski definition) is 1. The molecule has 0 aromatic carbocycles. The number of ether oxygens (including phenoxy) is 1. The molecule has 0 atom stereocenters. The van der Waals surface area contributed by atoms with Crippen molar-refractivity contribution < 1.29 is 9.53 Å². The summed E-state index contributed by atoms with van der Waals surface area (Å²) in [7, 11) is 0. The van der Waals surface area contributed by atoms with Crippen LogP contribution in [0.1, 0.15) is 67.2 Å². The zero-order valence-electron chi connectivity index (χ0n) is 13.8. The van der Waals surface area contributed by atoms with Gasteiger partial charge in [-0.05, 0) is 45.4 Å². The van der Waals surface area contributed by atoms with E-state index in [0.717, 1.165) is 19.4 Å². The molecule has 0 saturated carbocycles. The third kappa shape index (κ3) is 15.5. The lowest BCUT2D eigenvalue weighted by Crippen LogP contribution is -2.39. The van der Waals surface area contributed by atoms with Gasteiger partial charge in [-0.15, -0.1) is 0 Å². The molecular weight excluding hydrogens is 238 g/mol. The molecule has 19 heavy (non-hydrogen) atoms. The number of hydrogen-bond acceptors (Lipinski definition) is 3. The van der Waals surface area contributed by atoms with Crippen molar-refractivity contribution >= 4 is 5.78 Å². The smallest absolute Gasteiger partial charge is 0.146 e. The Balaban J connectivity index is 3.37. The molecular formula is C16H33NO2. The van der Waals surface area contributed by atoms with Crippen LogP contribution in [0.2, 0.25) is 0 Å². The van der Waals surface area contributed by atoms with Crippen molar-refractivity contribution in [3.63, 3.8) is 0 Å². The summed E-state index contributed by atoms with van der Waals surface area (Å²) in [6.45, 7) is 14.9. The van der Waals surface area contributed by atoms with Crippen molar-refractivity contribution in [2.24, 2.45) is 5.41 Å². The van der Waals surface area contributed by atoms with Crippen molar-refractivity contribution in [3.8, 4) is 0 Å². The predicted molar refractivity (Wildman–Crippen MR) is 81.5 cm³/mol. The second-order valence-corrected chi connectivity index (χ2v) is 7.52. The van der Waals surface area contributed by atoms with E-state index in [4.69, 9.17) is 4.74 Å². The fourth-order valence-corrected chi connectivity index (χ4v) is 1.63. The van der Waals surface area contributed by atoms with Crippen LogP contribution in [0.4, 0.5) is 0 Å². The van der Waals surface area contributed by atoms with Crippen LogP contribution in [0, 0.1) is 5.41 Å². The number of rotatable bonds is 9. The monoisotopic (exact) mass is 271 g/mol. The fraction of sp³-hybridized carbons (Fsp3) is 0.938. The minimum Gasteiger partial charge on any atom is -0.381 e. The van der Waals surface area contributed by atoms with Gasteiger partial charge >= 0.3 is 0 Å². The molecule has 0 saturated heterocycles. The molecule has 0 heterocycles. The summed E-state index contributed by atoms with van der Waals surface area (Å²) >= 11 is 0. The van der Waals surface area contributed by atoms with E-state index in [1.807, 2.05) is 0 Å². The van der Waals surface area contributed by atoms with Gasteiger partial charge < -0.3 is 10.1 Å². The van der Waals surface area contributed by atoms with Crippen LogP contribution in [-0.2, 0) is 9.53 Å². The van der Waals surface area contributed by atoms with Crippen LogP contribution >= 0.6 is 0 Å². The number of nitrogens with one attached hydrogen (secondary N) is 1. The molecule has 114 valence electrons. The molecule has 0 fully saturated rings. The molecule has 0 aromatic heterocycles. The van der Waals surface area contributed by atoms with Gasteiger partial charge in [0.25, 0.3) is 0 Å². The summed E-state index contributed by atoms with van der Waals surface area (Å²) in [6.07, 6.45) is 3.73. The molecule has 0 aliphatic heterocycles. The molecule has 0 aromatic rings. The summed E-state index contributed by atoms with van der Waals surface area (Å²) in [5, 5.41) is 3.21. The number of ketones is 1. The van der Waals surface area contributed by atoms with E-state index in [0.29, 0.717) is 25.0 Å². The molecule has 0 rings (SSSR count). The highest BCUT2D eigenvalue weighted by atomic mass is 16.5. The minimum absolute atomic E-state index is 0.0130.